The molecule has 2 fully saturated rings. The van der Waals surface area contributed by atoms with Gasteiger partial charge in [-0.05, 0) is 16.7 Å². The van der Waals surface area contributed by atoms with E-state index in [2.05, 4.69) is 0 Å². The average Bonchev–Trinajstić information content (AvgIpc) is 3.08. The molecule has 0 aromatic heterocycles. The van der Waals surface area contributed by atoms with Gasteiger partial charge in [0.15, 0.2) is 12.6 Å². The molecule has 2 heterocycles. The largest absolute Gasteiger partial charge is 0.394 e. The zero-order chi connectivity index (χ0) is 31.6. The second-order valence-electron chi connectivity index (χ2n) is 11.1. The van der Waals surface area contributed by atoms with Gasteiger partial charge in [0.05, 0.1) is 33.0 Å². The quantitative estimate of drug-likeness (QED) is 0.208. The summed E-state index contributed by atoms with van der Waals surface area (Å²) in [5, 5.41) is 41.2. The lowest BCUT2D eigenvalue weighted by atomic mass is 9.96. The Morgan fingerprint density at radius 2 is 1.13 bits per heavy atom. The molecule has 5 rings (SSSR count). The van der Waals surface area contributed by atoms with Gasteiger partial charge in [0.1, 0.15) is 48.8 Å². The number of benzene rings is 3. The fourth-order valence-electron chi connectivity index (χ4n) is 5.56. The van der Waals surface area contributed by atoms with E-state index in [-0.39, 0.29) is 19.8 Å². The van der Waals surface area contributed by atoms with E-state index in [1.807, 2.05) is 91.0 Å². The zero-order valence-corrected chi connectivity index (χ0v) is 25.1. The van der Waals surface area contributed by atoms with Crippen LogP contribution >= 0.6 is 0 Å². The molecular weight excluding hydrogens is 584 g/mol. The van der Waals surface area contributed by atoms with Gasteiger partial charge < -0.3 is 53.6 Å². The summed E-state index contributed by atoms with van der Waals surface area (Å²) < 4.78 is 43.0. The number of methoxy groups -OCH3 is 1. The molecule has 0 spiro atoms. The standard InChI is InChI=1S/C34H42O11/c1-39-31-30(41-19-23-13-7-3-8-14-23)26(21-40-18-22-11-5-2-6-12-22)44-34(32(31)42-20-24-15-9-4-10-16-24)45-29-25(17-35)43-33(38)28(37)27(29)36/h2-16,25-38H,17-21H2,1H3/t25-,26-,27-,28-,29+,30+,31+,32-,33-,34-/m1/s1. The number of hydrogen-bond acceptors (Lipinski definition) is 11. The normalized spacial score (nSPS) is 31.9. The molecule has 0 unspecified atom stereocenters. The molecule has 0 saturated carbocycles. The Balaban J connectivity index is 1.41. The monoisotopic (exact) mass is 626 g/mol. The van der Waals surface area contributed by atoms with Gasteiger partial charge in [-0.15, -0.1) is 0 Å². The van der Waals surface area contributed by atoms with Crippen molar-refractivity contribution in [3.05, 3.63) is 108 Å². The highest BCUT2D eigenvalue weighted by molar-refractivity contribution is 5.15. The number of rotatable bonds is 14. The third-order valence-corrected chi connectivity index (χ3v) is 7.96. The highest BCUT2D eigenvalue weighted by atomic mass is 16.7. The van der Waals surface area contributed by atoms with Crippen LogP contribution in [0, 0.1) is 0 Å². The second kappa shape index (κ2) is 16.7. The highest BCUT2D eigenvalue weighted by Crippen LogP contribution is 2.33. The van der Waals surface area contributed by atoms with Gasteiger partial charge in [-0.2, -0.15) is 0 Å². The fourth-order valence-corrected chi connectivity index (χ4v) is 5.56. The number of aliphatic hydroxyl groups excluding tert-OH is 4. The third-order valence-electron chi connectivity index (χ3n) is 7.96. The Bertz CT molecular complexity index is 1250. The minimum atomic E-state index is -1.70. The molecule has 244 valence electrons. The summed E-state index contributed by atoms with van der Waals surface area (Å²) in [6.07, 6.45) is -11.6. The molecule has 11 nitrogen and oxygen atoms in total. The minimum absolute atomic E-state index is 0.105. The van der Waals surface area contributed by atoms with Gasteiger partial charge in [0, 0.05) is 7.11 Å². The van der Waals surface area contributed by atoms with Crippen LogP contribution in [0.2, 0.25) is 0 Å². The first-order valence-corrected chi connectivity index (χ1v) is 15.1. The molecule has 2 aliphatic rings. The predicted octanol–water partition coefficient (Wildman–Crippen LogP) is 1.93. The second-order valence-corrected chi connectivity index (χ2v) is 11.1. The lowest BCUT2D eigenvalue weighted by Crippen LogP contribution is -2.65. The van der Waals surface area contributed by atoms with Crippen LogP contribution in [0.4, 0.5) is 0 Å². The highest BCUT2D eigenvalue weighted by Gasteiger charge is 2.52. The van der Waals surface area contributed by atoms with Gasteiger partial charge in [-0.1, -0.05) is 91.0 Å². The van der Waals surface area contributed by atoms with Crippen LogP contribution in [0.1, 0.15) is 16.7 Å². The molecule has 2 saturated heterocycles. The van der Waals surface area contributed by atoms with E-state index < -0.39 is 68.0 Å². The molecule has 10 atom stereocenters. The maximum absolute atomic E-state index is 10.8. The Hall–Kier alpha value is -2.78. The van der Waals surface area contributed by atoms with Crippen LogP contribution in [0.15, 0.2) is 91.0 Å². The number of aliphatic hydroxyl groups is 4. The van der Waals surface area contributed by atoms with Crippen LogP contribution in [0.3, 0.4) is 0 Å². The average molecular weight is 627 g/mol. The van der Waals surface area contributed by atoms with E-state index in [0.717, 1.165) is 16.7 Å². The van der Waals surface area contributed by atoms with Crippen LogP contribution < -0.4 is 0 Å². The number of ether oxygens (including phenoxy) is 7. The molecule has 2 aliphatic heterocycles. The Kier molecular flexibility index (Phi) is 12.4. The Morgan fingerprint density at radius 3 is 1.67 bits per heavy atom. The van der Waals surface area contributed by atoms with Crippen LogP contribution in [-0.4, -0.2) is 102 Å². The van der Waals surface area contributed by atoms with E-state index >= 15 is 0 Å². The Morgan fingerprint density at radius 1 is 0.600 bits per heavy atom. The first kappa shape index (κ1) is 33.6. The molecule has 4 N–H and O–H groups in total. The van der Waals surface area contributed by atoms with E-state index in [9.17, 15) is 20.4 Å². The first-order chi connectivity index (χ1) is 22.0. The van der Waals surface area contributed by atoms with Crippen LogP contribution in [-0.2, 0) is 53.0 Å². The summed E-state index contributed by atoms with van der Waals surface area (Å²) in [4.78, 5) is 0. The van der Waals surface area contributed by atoms with Gasteiger partial charge in [0.25, 0.3) is 0 Å². The zero-order valence-electron chi connectivity index (χ0n) is 25.1. The van der Waals surface area contributed by atoms with Crippen LogP contribution in [0.5, 0.6) is 0 Å². The van der Waals surface area contributed by atoms with Crippen molar-refractivity contribution in [3.8, 4) is 0 Å². The van der Waals surface area contributed by atoms with Crippen molar-refractivity contribution < 1.29 is 53.6 Å². The molecule has 0 bridgehead atoms. The van der Waals surface area contributed by atoms with E-state index in [1.54, 1.807) is 7.11 Å². The molecule has 0 amide bonds. The van der Waals surface area contributed by atoms with Crippen molar-refractivity contribution in [1.29, 1.82) is 0 Å². The lowest BCUT2D eigenvalue weighted by molar-refractivity contribution is -0.365. The first-order valence-electron chi connectivity index (χ1n) is 15.1. The van der Waals surface area contributed by atoms with Gasteiger partial charge >= 0.3 is 0 Å². The fraction of sp³-hybridized carbons (Fsp3) is 0.471. The molecule has 11 heteroatoms. The molecule has 45 heavy (non-hydrogen) atoms. The molecular formula is C34H42O11. The van der Waals surface area contributed by atoms with Gasteiger partial charge in [-0.3, -0.25) is 0 Å². The Labute approximate surface area is 262 Å². The van der Waals surface area contributed by atoms with E-state index in [0.29, 0.717) is 6.61 Å². The minimum Gasteiger partial charge on any atom is -0.394 e. The van der Waals surface area contributed by atoms with E-state index in [1.165, 1.54) is 0 Å². The lowest BCUT2D eigenvalue weighted by Gasteiger charge is -2.48. The SMILES string of the molecule is CO[C@H]1[C@@H](OCc2ccccc2)[C@@H](COCc2ccccc2)O[C@H](O[C@@H]2[C@H](O)[C@@H](O)[C@H](O)O[C@@H]2CO)[C@@H]1OCc1ccccc1. The maximum Gasteiger partial charge on any atom is 0.187 e. The van der Waals surface area contributed by atoms with Crippen molar-refractivity contribution in [2.75, 3.05) is 20.3 Å². The summed E-state index contributed by atoms with van der Waals surface area (Å²) in [7, 11) is 1.54. The predicted molar refractivity (Wildman–Crippen MR) is 160 cm³/mol. The summed E-state index contributed by atoms with van der Waals surface area (Å²) in [5.41, 5.74) is 2.84. The topological polar surface area (TPSA) is 146 Å². The summed E-state index contributed by atoms with van der Waals surface area (Å²) in [6.45, 7) is 0.299. The van der Waals surface area contributed by atoms with Gasteiger partial charge in [-0.25, -0.2) is 0 Å². The summed E-state index contributed by atoms with van der Waals surface area (Å²) in [5.74, 6) is 0. The summed E-state index contributed by atoms with van der Waals surface area (Å²) >= 11 is 0. The van der Waals surface area contributed by atoms with Crippen molar-refractivity contribution in [3.63, 3.8) is 0 Å². The molecule has 3 aromatic carbocycles. The maximum atomic E-state index is 10.8. The third kappa shape index (κ3) is 8.73. The van der Waals surface area contributed by atoms with Crippen molar-refractivity contribution >= 4 is 0 Å². The molecule has 0 aliphatic carbocycles. The smallest absolute Gasteiger partial charge is 0.187 e. The van der Waals surface area contributed by atoms with Crippen molar-refractivity contribution in [1.82, 2.24) is 0 Å². The summed E-state index contributed by atoms with van der Waals surface area (Å²) in [6, 6.07) is 29.0. The molecule has 0 radical (unpaired) electrons. The van der Waals surface area contributed by atoms with Crippen LogP contribution in [0.25, 0.3) is 0 Å². The molecule has 3 aromatic rings. The number of hydrogen-bond donors (Lipinski definition) is 4. The van der Waals surface area contributed by atoms with E-state index in [4.69, 9.17) is 33.2 Å². The van der Waals surface area contributed by atoms with Gasteiger partial charge in [0.2, 0.25) is 0 Å². The van der Waals surface area contributed by atoms with Crippen molar-refractivity contribution in [2.24, 2.45) is 0 Å². The van der Waals surface area contributed by atoms with Crippen molar-refractivity contribution in [2.45, 2.75) is 81.2 Å².